The van der Waals surface area contributed by atoms with Crippen LogP contribution in [0, 0.1) is 13.8 Å². The second-order valence-electron chi connectivity index (χ2n) is 5.74. The Bertz CT molecular complexity index is 725. The Morgan fingerprint density at radius 2 is 1.60 bits per heavy atom. The number of ether oxygens (including phenoxy) is 1. The van der Waals surface area contributed by atoms with Gasteiger partial charge in [-0.1, -0.05) is 46.3 Å². The predicted molar refractivity (Wildman–Crippen MR) is 100 cm³/mol. The molecule has 0 aliphatic carbocycles. The van der Waals surface area contributed by atoms with Crippen LogP contribution in [0.25, 0.3) is 0 Å². The van der Waals surface area contributed by atoms with Crippen molar-refractivity contribution < 1.29 is 14.3 Å². The Morgan fingerprint density at radius 3 is 2.24 bits per heavy atom. The highest BCUT2D eigenvalue weighted by Gasteiger charge is 2.09. The number of hydrogen-bond donors (Lipinski definition) is 2. The highest BCUT2D eigenvalue weighted by molar-refractivity contribution is 9.10. The highest BCUT2D eigenvalue weighted by Crippen LogP contribution is 2.27. The Hall–Kier alpha value is -2.34. The van der Waals surface area contributed by atoms with Crippen molar-refractivity contribution in [3.8, 4) is 5.75 Å². The molecule has 2 aromatic carbocycles. The zero-order valence-electron chi connectivity index (χ0n) is 14.3. The lowest BCUT2D eigenvalue weighted by Crippen LogP contribution is -2.43. The molecule has 0 heterocycles. The standard InChI is InChI=1S/C19H21BrN2O3/c1-13-10-16(20)11-14(2)19(13)25-12-18(24)22-21-17(23)9-8-15-6-4-3-5-7-15/h3-7,10-11H,8-9,12H2,1-2H3,(H,21,23)(H,22,24). The molecule has 2 rings (SSSR count). The number of hydrogen-bond acceptors (Lipinski definition) is 3. The first-order valence-electron chi connectivity index (χ1n) is 7.97. The van der Waals surface area contributed by atoms with Crippen LogP contribution in [0.3, 0.4) is 0 Å². The van der Waals surface area contributed by atoms with Crippen LogP contribution >= 0.6 is 15.9 Å². The van der Waals surface area contributed by atoms with E-state index < -0.39 is 5.91 Å². The van der Waals surface area contributed by atoms with Gasteiger partial charge in [0.05, 0.1) is 0 Å². The van der Waals surface area contributed by atoms with Gasteiger partial charge in [0.15, 0.2) is 6.61 Å². The molecule has 2 aromatic rings. The van der Waals surface area contributed by atoms with E-state index in [9.17, 15) is 9.59 Å². The van der Waals surface area contributed by atoms with Crippen molar-refractivity contribution in [3.05, 3.63) is 63.6 Å². The molecule has 0 unspecified atom stereocenters. The molecule has 0 radical (unpaired) electrons. The maximum Gasteiger partial charge on any atom is 0.276 e. The van der Waals surface area contributed by atoms with Crippen LogP contribution in [0.5, 0.6) is 5.75 Å². The lowest BCUT2D eigenvalue weighted by atomic mass is 10.1. The maximum absolute atomic E-state index is 11.8. The van der Waals surface area contributed by atoms with E-state index in [0.717, 1.165) is 21.2 Å². The van der Waals surface area contributed by atoms with Gasteiger partial charge < -0.3 is 4.74 Å². The Kier molecular flexibility index (Phi) is 7.01. The molecule has 0 aromatic heterocycles. The topological polar surface area (TPSA) is 67.4 Å². The predicted octanol–water partition coefficient (Wildman–Crippen LogP) is 3.22. The zero-order chi connectivity index (χ0) is 18.2. The summed E-state index contributed by atoms with van der Waals surface area (Å²) in [4.78, 5) is 23.6. The normalized spacial score (nSPS) is 10.2. The monoisotopic (exact) mass is 404 g/mol. The molecule has 0 saturated heterocycles. The molecule has 0 spiro atoms. The Morgan fingerprint density at radius 1 is 1.00 bits per heavy atom. The lowest BCUT2D eigenvalue weighted by molar-refractivity contribution is -0.130. The Labute approximate surface area is 155 Å². The van der Waals surface area contributed by atoms with E-state index >= 15 is 0 Å². The number of nitrogens with one attached hydrogen (secondary N) is 2. The number of carbonyl (C=O) groups is 2. The minimum atomic E-state index is -0.408. The van der Waals surface area contributed by atoms with Gasteiger partial charge >= 0.3 is 0 Å². The molecular weight excluding hydrogens is 384 g/mol. The summed E-state index contributed by atoms with van der Waals surface area (Å²) in [5.41, 5.74) is 7.72. The van der Waals surface area contributed by atoms with Crippen molar-refractivity contribution in [2.45, 2.75) is 26.7 Å². The number of rotatable bonds is 6. The average molecular weight is 405 g/mol. The quantitative estimate of drug-likeness (QED) is 0.726. The zero-order valence-corrected chi connectivity index (χ0v) is 15.9. The molecule has 25 heavy (non-hydrogen) atoms. The largest absolute Gasteiger partial charge is 0.483 e. The first kappa shape index (κ1) is 19.0. The fourth-order valence-corrected chi connectivity index (χ4v) is 3.09. The molecule has 2 amide bonds. The van der Waals surface area contributed by atoms with E-state index in [-0.39, 0.29) is 12.5 Å². The van der Waals surface area contributed by atoms with Crippen LogP contribution in [0.4, 0.5) is 0 Å². The summed E-state index contributed by atoms with van der Waals surface area (Å²) < 4.78 is 6.52. The van der Waals surface area contributed by atoms with E-state index in [1.807, 2.05) is 56.3 Å². The van der Waals surface area contributed by atoms with Crippen LogP contribution in [0.15, 0.2) is 46.9 Å². The first-order valence-corrected chi connectivity index (χ1v) is 8.76. The lowest BCUT2D eigenvalue weighted by Gasteiger charge is -2.13. The third-order valence-electron chi connectivity index (χ3n) is 3.60. The summed E-state index contributed by atoms with van der Waals surface area (Å²) in [6.07, 6.45) is 0.923. The van der Waals surface area contributed by atoms with E-state index in [1.54, 1.807) is 0 Å². The van der Waals surface area contributed by atoms with Crippen molar-refractivity contribution in [1.29, 1.82) is 0 Å². The van der Waals surface area contributed by atoms with Gasteiger partial charge in [-0.3, -0.25) is 20.4 Å². The second-order valence-corrected chi connectivity index (χ2v) is 6.66. The number of hydrazine groups is 1. The number of aryl methyl sites for hydroxylation is 3. The molecule has 2 N–H and O–H groups in total. The van der Waals surface area contributed by atoms with Gasteiger partial charge in [0, 0.05) is 10.9 Å². The highest BCUT2D eigenvalue weighted by atomic mass is 79.9. The van der Waals surface area contributed by atoms with Gasteiger partial charge in [-0.05, 0) is 49.1 Å². The van der Waals surface area contributed by atoms with Gasteiger partial charge in [0.2, 0.25) is 5.91 Å². The summed E-state index contributed by atoms with van der Waals surface area (Å²) in [6, 6.07) is 13.6. The third kappa shape index (κ3) is 6.23. The van der Waals surface area contributed by atoms with Gasteiger partial charge in [0.1, 0.15) is 5.75 Å². The average Bonchev–Trinajstić information content (AvgIpc) is 2.58. The smallest absolute Gasteiger partial charge is 0.276 e. The summed E-state index contributed by atoms with van der Waals surface area (Å²) in [5, 5.41) is 0. The van der Waals surface area contributed by atoms with Crippen molar-refractivity contribution >= 4 is 27.7 Å². The molecule has 0 bridgehead atoms. The number of carbonyl (C=O) groups excluding carboxylic acids is 2. The minimum absolute atomic E-state index is 0.164. The number of amides is 2. The van der Waals surface area contributed by atoms with Gasteiger partial charge in [0.25, 0.3) is 5.91 Å². The number of benzene rings is 2. The SMILES string of the molecule is Cc1cc(Br)cc(C)c1OCC(=O)NNC(=O)CCc1ccccc1. The van der Waals surface area contributed by atoms with E-state index in [1.165, 1.54) is 0 Å². The van der Waals surface area contributed by atoms with Crippen molar-refractivity contribution in [1.82, 2.24) is 10.9 Å². The Balaban J connectivity index is 1.73. The van der Waals surface area contributed by atoms with Crippen LogP contribution in [0.2, 0.25) is 0 Å². The fourth-order valence-electron chi connectivity index (χ4n) is 2.40. The molecular formula is C19H21BrN2O3. The summed E-state index contributed by atoms with van der Waals surface area (Å²) in [5.74, 6) is 0.0248. The second kappa shape index (κ2) is 9.22. The molecule has 0 atom stereocenters. The molecule has 132 valence electrons. The fraction of sp³-hybridized carbons (Fsp3) is 0.263. The van der Waals surface area contributed by atoms with Crippen LogP contribution in [0.1, 0.15) is 23.1 Å². The van der Waals surface area contributed by atoms with Crippen molar-refractivity contribution in [3.63, 3.8) is 0 Å². The van der Waals surface area contributed by atoms with E-state index in [4.69, 9.17) is 4.74 Å². The van der Waals surface area contributed by atoms with Gasteiger partial charge in [-0.2, -0.15) is 0 Å². The third-order valence-corrected chi connectivity index (χ3v) is 4.06. The van der Waals surface area contributed by atoms with Gasteiger partial charge in [-0.15, -0.1) is 0 Å². The molecule has 0 saturated carbocycles. The van der Waals surface area contributed by atoms with Gasteiger partial charge in [-0.25, -0.2) is 0 Å². The maximum atomic E-state index is 11.8. The molecule has 5 nitrogen and oxygen atoms in total. The van der Waals surface area contributed by atoms with Crippen LogP contribution in [-0.4, -0.2) is 18.4 Å². The summed E-state index contributed by atoms with van der Waals surface area (Å²) >= 11 is 3.42. The first-order chi connectivity index (χ1) is 12.0. The van der Waals surface area contributed by atoms with E-state index in [0.29, 0.717) is 18.6 Å². The molecule has 0 aliphatic heterocycles. The van der Waals surface area contributed by atoms with Crippen molar-refractivity contribution in [2.24, 2.45) is 0 Å². The summed E-state index contributed by atoms with van der Waals surface area (Å²) in [6.45, 7) is 3.66. The molecule has 0 aliphatic rings. The van der Waals surface area contributed by atoms with Crippen LogP contribution in [-0.2, 0) is 16.0 Å². The van der Waals surface area contributed by atoms with E-state index in [2.05, 4.69) is 26.8 Å². The molecule has 0 fully saturated rings. The minimum Gasteiger partial charge on any atom is -0.483 e. The van der Waals surface area contributed by atoms with Crippen molar-refractivity contribution in [2.75, 3.05) is 6.61 Å². The summed E-state index contributed by atoms with van der Waals surface area (Å²) in [7, 11) is 0. The molecule has 6 heteroatoms. The number of halogens is 1. The van der Waals surface area contributed by atoms with Crippen LogP contribution < -0.4 is 15.6 Å².